The summed E-state index contributed by atoms with van der Waals surface area (Å²) in [6, 6.07) is 0. The lowest BCUT2D eigenvalue weighted by Gasteiger charge is -2.43. The number of hydrogen-bond acceptors (Lipinski definition) is 2. The fourth-order valence-electron chi connectivity index (χ4n) is 1.04. The average molecular weight is 208 g/mol. The Balaban J connectivity index is 2.33. The molecule has 1 amide bonds. The van der Waals surface area contributed by atoms with Gasteiger partial charge in [0.25, 0.3) is 0 Å². The molecule has 0 radical (unpaired) electrons. The van der Waals surface area contributed by atoms with Crippen LogP contribution in [0.15, 0.2) is 0 Å². The highest BCUT2D eigenvalue weighted by Crippen LogP contribution is 2.19. The van der Waals surface area contributed by atoms with Gasteiger partial charge in [0, 0.05) is 0 Å². The lowest BCUT2D eigenvalue weighted by molar-refractivity contribution is -0.149. The van der Waals surface area contributed by atoms with Crippen LogP contribution >= 0.6 is 15.9 Å². The predicted molar refractivity (Wildman–Crippen MR) is 41.0 cm³/mol. The van der Waals surface area contributed by atoms with Crippen LogP contribution in [0.5, 0.6) is 0 Å². The number of halogens is 1. The van der Waals surface area contributed by atoms with Crippen molar-refractivity contribution in [2.45, 2.75) is 12.5 Å². The van der Waals surface area contributed by atoms with E-state index in [4.69, 9.17) is 0 Å². The summed E-state index contributed by atoms with van der Waals surface area (Å²) in [4.78, 5) is 12.5. The van der Waals surface area contributed by atoms with E-state index in [2.05, 4.69) is 15.9 Å². The molecule has 1 aliphatic heterocycles. The molecule has 4 heteroatoms. The summed E-state index contributed by atoms with van der Waals surface area (Å²) in [5, 5.41) is 9.57. The number of alkyl halides is 1. The lowest BCUT2D eigenvalue weighted by Crippen LogP contribution is -2.62. The largest absolute Gasteiger partial charge is 0.386 e. The number of amides is 1. The van der Waals surface area contributed by atoms with Gasteiger partial charge in [-0.1, -0.05) is 15.9 Å². The van der Waals surface area contributed by atoms with Crippen molar-refractivity contribution >= 4 is 21.8 Å². The Morgan fingerprint density at radius 3 is 2.60 bits per heavy atom. The normalized spacial score (nSPS) is 22.1. The molecule has 0 aromatic carbocycles. The molecule has 0 atom stereocenters. The van der Waals surface area contributed by atoms with Gasteiger partial charge in [-0.25, -0.2) is 0 Å². The van der Waals surface area contributed by atoms with Crippen LogP contribution in [0.3, 0.4) is 0 Å². The number of β-amino-alcohol motifs (C(OH)–C–C–N with tert-alkyl or cyclic N) is 1. The molecular formula is C6H10BrNO2. The predicted octanol–water partition coefficient (Wildman–Crippen LogP) is -0.0255. The molecule has 0 aliphatic carbocycles. The molecule has 10 heavy (non-hydrogen) atoms. The standard InChI is InChI=1S/C6H10BrNO2/c1-6(10)3-8(4-6)5(9)2-7/h10H,2-4H2,1H3. The second-order valence-electron chi connectivity index (χ2n) is 2.88. The van der Waals surface area contributed by atoms with Crippen LogP contribution in [0, 0.1) is 0 Å². The third-order valence-electron chi connectivity index (χ3n) is 1.53. The molecule has 0 aromatic rings. The van der Waals surface area contributed by atoms with Gasteiger partial charge in [0.1, 0.15) is 0 Å². The highest BCUT2D eigenvalue weighted by Gasteiger charge is 2.38. The SMILES string of the molecule is CC1(O)CN(C(=O)CBr)C1. The smallest absolute Gasteiger partial charge is 0.233 e. The van der Waals surface area contributed by atoms with E-state index in [1.807, 2.05) is 0 Å². The zero-order chi connectivity index (χ0) is 7.78. The number of carbonyl (C=O) groups is 1. The van der Waals surface area contributed by atoms with Gasteiger partial charge >= 0.3 is 0 Å². The Morgan fingerprint density at radius 2 is 2.30 bits per heavy atom. The Morgan fingerprint density at radius 1 is 1.80 bits per heavy atom. The molecular weight excluding hydrogens is 198 g/mol. The third kappa shape index (κ3) is 1.49. The van der Waals surface area contributed by atoms with E-state index in [1.165, 1.54) is 0 Å². The maximum atomic E-state index is 10.8. The number of carbonyl (C=O) groups excluding carboxylic acids is 1. The molecule has 0 unspecified atom stereocenters. The first-order valence-corrected chi connectivity index (χ1v) is 4.23. The van der Waals surface area contributed by atoms with Crippen molar-refractivity contribution in [3.05, 3.63) is 0 Å². The first kappa shape index (κ1) is 8.01. The van der Waals surface area contributed by atoms with E-state index >= 15 is 0 Å². The maximum absolute atomic E-state index is 10.8. The van der Waals surface area contributed by atoms with Gasteiger partial charge in [0.2, 0.25) is 5.91 Å². The highest BCUT2D eigenvalue weighted by atomic mass is 79.9. The van der Waals surface area contributed by atoms with E-state index in [9.17, 15) is 9.90 Å². The minimum Gasteiger partial charge on any atom is -0.386 e. The minimum absolute atomic E-state index is 0.0477. The number of likely N-dealkylation sites (tertiary alicyclic amines) is 1. The van der Waals surface area contributed by atoms with Crippen molar-refractivity contribution in [2.24, 2.45) is 0 Å². The van der Waals surface area contributed by atoms with E-state index in [0.717, 1.165) is 0 Å². The van der Waals surface area contributed by atoms with Gasteiger partial charge in [-0.3, -0.25) is 4.79 Å². The van der Waals surface area contributed by atoms with E-state index in [-0.39, 0.29) is 5.91 Å². The van der Waals surface area contributed by atoms with Crippen molar-refractivity contribution in [2.75, 3.05) is 18.4 Å². The molecule has 1 saturated heterocycles. The number of hydrogen-bond donors (Lipinski definition) is 1. The second-order valence-corrected chi connectivity index (χ2v) is 3.44. The molecule has 1 N–H and O–H groups in total. The molecule has 3 nitrogen and oxygen atoms in total. The Hall–Kier alpha value is -0.0900. The molecule has 1 rings (SSSR count). The molecule has 0 aromatic heterocycles. The van der Waals surface area contributed by atoms with Gasteiger partial charge in [0.05, 0.1) is 24.0 Å². The second kappa shape index (κ2) is 2.51. The molecule has 0 bridgehead atoms. The fourth-order valence-corrected chi connectivity index (χ4v) is 1.39. The van der Waals surface area contributed by atoms with Crippen LogP contribution in [-0.4, -0.2) is 39.9 Å². The summed E-state index contributed by atoms with van der Waals surface area (Å²) < 4.78 is 0. The van der Waals surface area contributed by atoms with Crippen molar-refractivity contribution in [3.8, 4) is 0 Å². The van der Waals surface area contributed by atoms with Gasteiger partial charge in [-0.2, -0.15) is 0 Å². The van der Waals surface area contributed by atoms with E-state index in [1.54, 1.807) is 11.8 Å². The molecule has 1 aliphatic rings. The zero-order valence-corrected chi connectivity index (χ0v) is 7.39. The van der Waals surface area contributed by atoms with E-state index in [0.29, 0.717) is 18.4 Å². The molecule has 0 saturated carbocycles. The molecule has 1 heterocycles. The van der Waals surface area contributed by atoms with Crippen molar-refractivity contribution in [3.63, 3.8) is 0 Å². The summed E-state index contributed by atoms with van der Waals surface area (Å²) in [6.45, 7) is 2.67. The van der Waals surface area contributed by atoms with Crippen LogP contribution in [0.2, 0.25) is 0 Å². The van der Waals surface area contributed by atoms with Gasteiger partial charge < -0.3 is 10.0 Å². The number of nitrogens with zero attached hydrogens (tertiary/aromatic N) is 1. The Kier molecular flexibility index (Phi) is 2.01. The first-order chi connectivity index (χ1) is 4.55. The quantitative estimate of drug-likeness (QED) is 0.615. The monoisotopic (exact) mass is 207 g/mol. The minimum atomic E-state index is -0.641. The van der Waals surface area contributed by atoms with Crippen LogP contribution in [-0.2, 0) is 4.79 Å². The summed E-state index contributed by atoms with van der Waals surface area (Å²) >= 11 is 3.05. The maximum Gasteiger partial charge on any atom is 0.233 e. The molecule has 1 fully saturated rings. The summed E-state index contributed by atoms with van der Waals surface area (Å²) in [6.07, 6.45) is 0. The Labute approximate surface area is 68.1 Å². The van der Waals surface area contributed by atoms with Crippen LogP contribution in [0.4, 0.5) is 0 Å². The van der Waals surface area contributed by atoms with Gasteiger partial charge in [0.15, 0.2) is 0 Å². The molecule has 58 valence electrons. The average Bonchev–Trinajstić information content (AvgIpc) is 1.81. The summed E-state index contributed by atoms with van der Waals surface area (Å²) in [5.41, 5.74) is -0.641. The van der Waals surface area contributed by atoms with Gasteiger partial charge in [-0.05, 0) is 6.92 Å². The van der Waals surface area contributed by atoms with Crippen LogP contribution in [0.1, 0.15) is 6.92 Å². The van der Waals surface area contributed by atoms with Crippen LogP contribution in [0.25, 0.3) is 0 Å². The third-order valence-corrected chi connectivity index (χ3v) is 2.01. The zero-order valence-electron chi connectivity index (χ0n) is 5.80. The van der Waals surface area contributed by atoms with Crippen molar-refractivity contribution in [1.82, 2.24) is 4.90 Å². The number of aliphatic hydroxyl groups is 1. The highest BCUT2D eigenvalue weighted by molar-refractivity contribution is 9.09. The topological polar surface area (TPSA) is 40.5 Å². The van der Waals surface area contributed by atoms with Gasteiger partial charge in [-0.15, -0.1) is 0 Å². The van der Waals surface area contributed by atoms with E-state index < -0.39 is 5.60 Å². The lowest BCUT2D eigenvalue weighted by atomic mass is 9.97. The summed E-state index contributed by atoms with van der Waals surface area (Å²) in [5.74, 6) is 0.0477. The summed E-state index contributed by atoms with van der Waals surface area (Å²) in [7, 11) is 0. The first-order valence-electron chi connectivity index (χ1n) is 3.11. The number of rotatable bonds is 1. The van der Waals surface area contributed by atoms with Crippen LogP contribution < -0.4 is 0 Å². The van der Waals surface area contributed by atoms with Crippen molar-refractivity contribution < 1.29 is 9.90 Å². The molecule has 0 spiro atoms. The fraction of sp³-hybridized carbons (Fsp3) is 0.833. The van der Waals surface area contributed by atoms with Crippen molar-refractivity contribution in [1.29, 1.82) is 0 Å². The Bertz CT molecular complexity index is 150.